The highest BCUT2D eigenvalue weighted by atomic mass is 16.5. The van der Waals surface area contributed by atoms with Gasteiger partial charge in [0.25, 0.3) is 0 Å². The van der Waals surface area contributed by atoms with E-state index in [0.717, 1.165) is 0 Å². The summed E-state index contributed by atoms with van der Waals surface area (Å²) in [6, 6.07) is 6.89. The first-order valence-electron chi connectivity index (χ1n) is 6.12. The smallest absolute Gasteiger partial charge is 0.229 e. The first-order valence-corrected chi connectivity index (χ1v) is 6.12. The Kier molecular flexibility index (Phi) is 5.34. The molecule has 0 bridgehead atoms. The van der Waals surface area contributed by atoms with Crippen molar-refractivity contribution in [3.8, 4) is 11.8 Å². The number of hydrogen-bond acceptors (Lipinski definition) is 4. The molecule has 0 radical (unpaired) electrons. The molecular weight excluding hydrogens is 242 g/mol. The van der Waals surface area contributed by atoms with E-state index in [0.29, 0.717) is 23.5 Å². The third-order valence-electron chi connectivity index (χ3n) is 2.98. The molecule has 1 aromatic carbocycles. The summed E-state index contributed by atoms with van der Waals surface area (Å²) in [7, 11) is 1.50. The van der Waals surface area contributed by atoms with Crippen molar-refractivity contribution in [1.82, 2.24) is 0 Å². The molecule has 0 aromatic heterocycles. The van der Waals surface area contributed by atoms with Crippen molar-refractivity contribution in [3.05, 3.63) is 23.8 Å². The zero-order valence-corrected chi connectivity index (χ0v) is 11.4. The molecule has 1 atom stereocenters. The molecule has 0 spiro atoms. The fraction of sp³-hybridized carbons (Fsp3) is 0.429. The van der Waals surface area contributed by atoms with Gasteiger partial charge in [0.1, 0.15) is 5.75 Å². The van der Waals surface area contributed by atoms with Crippen LogP contribution >= 0.6 is 0 Å². The molecule has 102 valence electrons. The lowest BCUT2D eigenvalue weighted by Crippen LogP contribution is -2.33. The van der Waals surface area contributed by atoms with Crippen LogP contribution in [0.3, 0.4) is 0 Å². The van der Waals surface area contributed by atoms with E-state index >= 15 is 0 Å². The van der Waals surface area contributed by atoms with Crippen molar-refractivity contribution in [2.45, 2.75) is 13.8 Å². The van der Waals surface area contributed by atoms with Crippen molar-refractivity contribution in [2.24, 2.45) is 17.6 Å². The van der Waals surface area contributed by atoms with Crippen LogP contribution in [0.15, 0.2) is 18.2 Å². The molecule has 0 aliphatic heterocycles. The number of benzene rings is 1. The molecule has 19 heavy (non-hydrogen) atoms. The SMILES string of the molecule is COc1cc(C#N)ccc1NC(=O)C(CN)C(C)C. The molecule has 5 heteroatoms. The van der Waals surface area contributed by atoms with E-state index < -0.39 is 0 Å². The summed E-state index contributed by atoms with van der Waals surface area (Å²) in [6.07, 6.45) is 0. The maximum Gasteiger partial charge on any atom is 0.229 e. The lowest BCUT2D eigenvalue weighted by molar-refractivity contribution is -0.120. The molecule has 1 rings (SSSR count). The van der Waals surface area contributed by atoms with Gasteiger partial charge in [0.15, 0.2) is 0 Å². The summed E-state index contributed by atoms with van der Waals surface area (Å²) >= 11 is 0. The average Bonchev–Trinajstić information content (AvgIpc) is 2.39. The Morgan fingerprint density at radius 2 is 2.21 bits per heavy atom. The Morgan fingerprint density at radius 1 is 1.53 bits per heavy atom. The van der Waals surface area contributed by atoms with E-state index in [4.69, 9.17) is 15.7 Å². The quantitative estimate of drug-likeness (QED) is 0.845. The molecule has 0 heterocycles. The normalized spacial score (nSPS) is 11.8. The summed E-state index contributed by atoms with van der Waals surface area (Å²) in [5.74, 6) is 0.238. The summed E-state index contributed by atoms with van der Waals surface area (Å²) in [6.45, 7) is 4.20. The number of carbonyl (C=O) groups is 1. The van der Waals surface area contributed by atoms with Crippen LogP contribution in [0.2, 0.25) is 0 Å². The topological polar surface area (TPSA) is 88.1 Å². The summed E-state index contributed by atoms with van der Waals surface area (Å²) in [5.41, 5.74) is 6.64. The van der Waals surface area contributed by atoms with Gasteiger partial charge in [0.05, 0.1) is 30.3 Å². The highest BCUT2D eigenvalue weighted by Gasteiger charge is 2.21. The molecule has 3 N–H and O–H groups in total. The van der Waals surface area contributed by atoms with Gasteiger partial charge in [-0.1, -0.05) is 13.8 Å². The van der Waals surface area contributed by atoms with Crippen molar-refractivity contribution in [1.29, 1.82) is 5.26 Å². The Morgan fingerprint density at radius 3 is 2.68 bits per heavy atom. The summed E-state index contributed by atoms with van der Waals surface area (Å²) in [4.78, 5) is 12.1. The standard InChI is InChI=1S/C14H19N3O2/c1-9(2)11(8-16)14(18)17-12-5-4-10(7-15)6-13(12)19-3/h4-6,9,11H,8,16H2,1-3H3,(H,17,18). The second-order valence-corrected chi connectivity index (χ2v) is 4.60. The second kappa shape index (κ2) is 6.76. The molecule has 0 aliphatic rings. The third kappa shape index (κ3) is 3.70. The highest BCUT2D eigenvalue weighted by molar-refractivity contribution is 5.94. The first-order chi connectivity index (χ1) is 9.03. The fourth-order valence-corrected chi connectivity index (χ4v) is 1.77. The number of anilines is 1. The Labute approximate surface area is 113 Å². The van der Waals surface area contributed by atoms with E-state index in [1.54, 1.807) is 18.2 Å². The minimum absolute atomic E-state index is 0.138. The van der Waals surface area contributed by atoms with Crippen LogP contribution in [0.5, 0.6) is 5.75 Å². The van der Waals surface area contributed by atoms with Crippen molar-refractivity contribution >= 4 is 11.6 Å². The van der Waals surface area contributed by atoms with E-state index in [2.05, 4.69) is 5.32 Å². The van der Waals surface area contributed by atoms with Crippen molar-refractivity contribution in [2.75, 3.05) is 19.0 Å². The first kappa shape index (κ1) is 15.0. The zero-order chi connectivity index (χ0) is 14.4. The molecule has 0 saturated carbocycles. The van der Waals surface area contributed by atoms with Gasteiger partial charge in [-0.25, -0.2) is 0 Å². The zero-order valence-electron chi connectivity index (χ0n) is 11.4. The Balaban J connectivity index is 2.93. The second-order valence-electron chi connectivity index (χ2n) is 4.60. The number of methoxy groups -OCH3 is 1. The number of carbonyl (C=O) groups excluding carboxylic acids is 1. The van der Waals surface area contributed by atoms with Crippen LogP contribution in [-0.2, 0) is 4.79 Å². The van der Waals surface area contributed by atoms with Crippen LogP contribution in [0, 0.1) is 23.2 Å². The molecular formula is C14H19N3O2. The van der Waals surface area contributed by atoms with Gasteiger partial charge >= 0.3 is 0 Å². The molecule has 1 unspecified atom stereocenters. The monoisotopic (exact) mass is 261 g/mol. The lowest BCUT2D eigenvalue weighted by atomic mass is 9.95. The van der Waals surface area contributed by atoms with Gasteiger partial charge in [-0.15, -0.1) is 0 Å². The summed E-state index contributed by atoms with van der Waals surface area (Å²) in [5, 5.41) is 11.6. The van der Waals surface area contributed by atoms with E-state index in [9.17, 15) is 4.79 Å². The molecule has 5 nitrogen and oxygen atoms in total. The summed E-state index contributed by atoms with van der Waals surface area (Å²) < 4.78 is 5.17. The van der Waals surface area contributed by atoms with Crippen LogP contribution in [0.4, 0.5) is 5.69 Å². The van der Waals surface area contributed by atoms with Gasteiger partial charge in [0.2, 0.25) is 5.91 Å². The number of hydrogen-bond donors (Lipinski definition) is 2. The molecule has 1 amide bonds. The number of rotatable bonds is 5. The van der Waals surface area contributed by atoms with E-state index in [1.807, 2.05) is 19.9 Å². The Bertz CT molecular complexity index is 492. The number of nitrogens with one attached hydrogen (secondary N) is 1. The van der Waals surface area contributed by atoms with Crippen LogP contribution < -0.4 is 15.8 Å². The maximum absolute atomic E-state index is 12.1. The molecule has 0 fully saturated rings. The van der Waals surface area contributed by atoms with Gasteiger partial charge in [-0.05, 0) is 18.1 Å². The van der Waals surface area contributed by atoms with Crippen LogP contribution in [-0.4, -0.2) is 19.6 Å². The maximum atomic E-state index is 12.1. The molecule has 0 aliphatic carbocycles. The van der Waals surface area contributed by atoms with Gasteiger partial charge in [-0.2, -0.15) is 5.26 Å². The van der Waals surface area contributed by atoms with Crippen molar-refractivity contribution in [3.63, 3.8) is 0 Å². The number of nitriles is 1. The minimum atomic E-state index is -0.250. The largest absolute Gasteiger partial charge is 0.495 e. The van der Waals surface area contributed by atoms with Crippen LogP contribution in [0.1, 0.15) is 19.4 Å². The van der Waals surface area contributed by atoms with E-state index in [1.165, 1.54) is 7.11 Å². The number of nitrogens with zero attached hydrogens (tertiary/aromatic N) is 1. The predicted molar refractivity (Wildman–Crippen MR) is 73.7 cm³/mol. The molecule has 0 saturated heterocycles. The third-order valence-corrected chi connectivity index (χ3v) is 2.98. The lowest BCUT2D eigenvalue weighted by Gasteiger charge is -2.19. The Hall–Kier alpha value is -2.06. The van der Waals surface area contributed by atoms with Crippen molar-refractivity contribution < 1.29 is 9.53 Å². The fourth-order valence-electron chi connectivity index (χ4n) is 1.77. The van der Waals surface area contributed by atoms with Gasteiger partial charge in [0, 0.05) is 12.6 Å². The van der Waals surface area contributed by atoms with Gasteiger partial charge in [-0.3, -0.25) is 4.79 Å². The minimum Gasteiger partial charge on any atom is -0.495 e. The van der Waals surface area contributed by atoms with E-state index in [-0.39, 0.29) is 17.7 Å². The highest BCUT2D eigenvalue weighted by Crippen LogP contribution is 2.26. The number of amides is 1. The predicted octanol–water partition coefficient (Wildman–Crippen LogP) is 1.74. The van der Waals surface area contributed by atoms with Crippen LogP contribution in [0.25, 0.3) is 0 Å². The number of nitrogens with two attached hydrogens (primary N) is 1. The molecule has 1 aromatic rings. The number of ether oxygens (including phenoxy) is 1. The average molecular weight is 261 g/mol. The van der Waals surface area contributed by atoms with Gasteiger partial charge < -0.3 is 15.8 Å².